The summed E-state index contributed by atoms with van der Waals surface area (Å²) in [6, 6.07) is 29.9. The highest BCUT2D eigenvalue weighted by Crippen LogP contribution is 2.37. The van der Waals surface area contributed by atoms with Gasteiger partial charge in [0.2, 0.25) is 0 Å². The minimum atomic E-state index is -0.565. The number of rotatable bonds is 9. The lowest BCUT2D eigenvalue weighted by Crippen LogP contribution is -2.30. The molecule has 0 spiro atoms. The van der Waals surface area contributed by atoms with Crippen LogP contribution in [0.1, 0.15) is 98.4 Å². The third kappa shape index (κ3) is 6.52. The van der Waals surface area contributed by atoms with Crippen molar-refractivity contribution >= 4 is 58.2 Å². The molecular formula is C45H34N6O6. The Kier molecular flexibility index (Phi) is 8.88. The molecule has 0 radical (unpaired) electrons. The summed E-state index contributed by atoms with van der Waals surface area (Å²) in [5.41, 5.74) is 10.9. The van der Waals surface area contributed by atoms with E-state index in [1.54, 1.807) is 54.7 Å². The minimum Gasteiger partial charge on any atom is -0.397 e. The lowest BCUT2D eigenvalue weighted by atomic mass is 9.78. The predicted molar refractivity (Wildman–Crippen MR) is 214 cm³/mol. The molecule has 8 rings (SSSR count). The third-order valence-electron chi connectivity index (χ3n) is 10.4. The average molecular weight is 755 g/mol. The van der Waals surface area contributed by atoms with Crippen LogP contribution in [0.4, 0.5) is 22.9 Å². The molecule has 2 aliphatic heterocycles. The van der Waals surface area contributed by atoms with Gasteiger partial charge >= 0.3 is 0 Å². The van der Waals surface area contributed by atoms with Crippen molar-refractivity contribution in [3.8, 4) is 0 Å². The maximum atomic E-state index is 13.6. The number of hydrogen-bond donors (Lipinski definition) is 2. The first-order valence-electron chi connectivity index (χ1n) is 18.0. The van der Waals surface area contributed by atoms with Gasteiger partial charge in [0.25, 0.3) is 29.5 Å². The van der Waals surface area contributed by atoms with Gasteiger partial charge in [-0.25, -0.2) is 14.8 Å². The van der Waals surface area contributed by atoms with E-state index in [4.69, 9.17) is 5.73 Å². The molecule has 0 unspecified atom stereocenters. The van der Waals surface area contributed by atoms with E-state index in [0.29, 0.717) is 28.3 Å². The lowest BCUT2D eigenvalue weighted by molar-refractivity contribution is 0.0910. The Morgan fingerprint density at radius 2 is 1.14 bits per heavy atom. The number of carbonyl (C=O) groups excluding carboxylic acids is 6. The molecule has 0 saturated heterocycles. The zero-order chi connectivity index (χ0) is 40.2. The van der Waals surface area contributed by atoms with E-state index in [0.717, 1.165) is 26.5 Å². The molecule has 0 bridgehead atoms. The van der Waals surface area contributed by atoms with Gasteiger partial charge in [-0.2, -0.15) is 0 Å². The first-order chi connectivity index (χ1) is 27.3. The summed E-state index contributed by atoms with van der Waals surface area (Å²) < 4.78 is 0. The number of imide groups is 2. The van der Waals surface area contributed by atoms with Crippen LogP contribution in [-0.2, 0) is 11.8 Å². The standard InChI is InChI=1S/C45H34N6O6/c1-25-4-12-31(47-23-25)22-38(52)26-5-17-34-36(20-26)43(56)50(41(34)54)32-13-7-28(8-14-32)45(2,3)29-9-15-33(16-10-29)51-42(55)35-18-6-27(21-37(35)44(51)57)40(53)49-39-19-11-30(46)24-48-39/h4-21,23-24H,22,46H2,1-3H3,(H,48,49,53). The molecule has 0 fully saturated rings. The molecule has 3 N–H and O–H groups in total. The Bertz CT molecular complexity index is 2490. The number of ketones is 1. The predicted octanol–water partition coefficient (Wildman–Crippen LogP) is 6.97. The number of aromatic nitrogens is 2. The van der Waals surface area contributed by atoms with Crippen LogP contribution in [-0.4, -0.2) is 45.3 Å². The van der Waals surface area contributed by atoms with Crippen LogP contribution in [0.15, 0.2) is 122 Å². The molecule has 0 atom stereocenters. The number of carbonyl (C=O) groups is 6. The number of nitrogen functional groups attached to an aromatic ring is 1. The van der Waals surface area contributed by atoms with Crippen LogP contribution in [0.3, 0.4) is 0 Å². The molecule has 4 aromatic carbocycles. The van der Waals surface area contributed by atoms with Crippen molar-refractivity contribution in [3.05, 3.63) is 177 Å². The Hall–Kier alpha value is -7.60. The molecule has 4 heterocycles. The van der Waals surface area contributed by atoms with E-state index < -0.39 is 35.0 Å². The highest BCUT2D eigenvalue weighted by molar-refractivity contribution is 6.35. The topological polar surface area (TPSA) is 173 Å². The number of anilines is 4. The molecule has 0 aliphatic carbocycles. The Morgan fingerprint density at radius 3 is 1.65 bits per heavy atom. The van der Waals surface area contributed by atoms with Gasteiger partial charge < -0.3 is 11.1 Å². The van der Waals surface area contributed by atoms with Crippen molar-refractivity contribution < 1.29 is 28.8 Å². The van der Waals surface area contributed by atoms with Crippen LogP contribution in [0.2, 0.25) is 0 Å². The van der Waals surface area contributed by atoms with Gasteiger partial charge in [-0.3, -0.25) is 33.8 Å². The molecule has 12 heteroatoms. The maximum Gasteiger partial charge on any atom is 0.266 e. The summed E-state index contributed by atoms with van der Waals surface area (Å²) in [5.74, 6) is -2.44. The number of pyridine rings is 2. The van der Waals surface area contributed by atoms with Crippen LogP contribution < -0.4 is 20.9 Å². The maximum absolute atomic E-state index is 13.6. The first kappa shape index (κ1) is 36.4. The Balaban J connectivity index is 0.958. The summed E-state index contributed by atoms with van der Waals surface area (Å²) in [5, 5.41) is 2.66. The normalized spacial score (nSPS) is 13.5. The van der Waals surface area contributed by atoms with Gasteiger partial charge in [0.05, 0.1) is 51.9 Å². The average Bonchev–Trinajstić information content (AvgIpc) is 3.62. The molecule has 57 heavy (non-hydrogen) atoms. The van der Waals surface area contributed by atoms with Crippen molar-refractivity contribution in [1.82, 2.24) is 9.97 Å². The Morgan fingerprint density at radius 1 is 0.614 bits per heavy atom. The molecular weight excluding hydrogens is 721 g/mol. The van der Waals surface area contributed by atoms with Crippen molar-refractivity contribution in [2.75, 3.05) is 20.9 Å². The summed E-state index contributed by atoms with van der Waals surface area (Å²) in [7, 11) is 0. The van der Waals surface area contributed by atoms with Gasteiger partial charge in [-0.05, 0) is 96.4 Å². The van der Waals surface area contributed by atoms with Crippen LogP contribution in [0, 0.1) is 6.92 Å². The molecule has 2 aliphatic rings. The fourth-order valence-corrected chi connectivity index (χ4v) is 7.02. The fourth-order valence-electron chi connectivity index (χ4n) is 7.02. The second-order valence-corrected chi connectivity index (χ2v) is 14.5. The van der Waals surface area contributed by atoms with E-state index in [1.807, 2.05) is 51.1 Å². The Labute approximate surface area is 327 Å². The van der Waals surface area contributed by atoms with Gasteiger partial charge in [-0.1, -0.05) is 50.2 Å². The number of hydrogen-bond acceptors (Lipinski definition) is 9. The lowest BCUT2D eigenvalue weighted by Gasteiger charge is -2.27. The number of nitrogens with zero attached hydrogens (tertiary/aromatic N) is 4. The van der Waals surface area contributed by atoms with Crippen molar-refractivity contribution in [3.63, 3.8) is 0 Å². The third-order valence-corrected chi connectivity index (χ3v) is 10.4. The zero-order valence-corrected chi connectivity index (χ0v) is 31.1. The number of Topliss-reactive ketones (excluding diaryl/α,β-unsaturated/α-hetero) is 1. The van der Waals surface area contributed by atoms with Crippen molar-refractivity contribution in [1.29, 1.82) is 0 Å². The van der Waals surface area contributed by atoms with Crippen molar-refractivity contribution in [2.45, 2.75) is 32.6 Å². The first-order valence-corrected chi connectivity index (χ1v) is 18.0. The molecule has 5 amide bonds. The minimum absolute atomic E-state index is 0.0707. The van der Waals surface area contributed by atoms with E-state index in [-0.39, 0.29) is 45.8 Å². The second kappa shape index (κ2) is 13.9. The number of benzene rings is 4. The monoisotopic (exact) mass is 754 g/mol. The van der Waals surface area contributed by atoms with Crippen LogP contribution in [0.25, 0.3) is 0 Å². The van der Waals surface area contributed by atoms with Crippen LogP contribution in [0.5, 0.6) is 0 Å². The second-order valence-electron chi connectivity index (χ2n) is 14.5. The van der Waals surface area contributed by atoms with E-state index in [2.05, 4.69) is 15.3 Å². The zero-order valence-electron chi connectivity index (χ0n) is 31.1. The summed E-state index contributed by atoms with van der Waals surface area (Å²) in [6.45, 7) is 5.94. The number of nitrogens with two attached hydrogens (primary N) is 1. The molecule has 280 valence electrons. The van der Waals surface area contributed by atoms with Crippen LogP contribution >= 0.6 is 0 Å². The number of aryl methyl sites for hydroxylation is 1. The van der Waals surface area contributed by atoms with Crippen molar-refractivity contribution in [2.24, 2.45) is 0 Å². The quantitative estimate of drug-likeness (QED) is 0.117. The molecule has 2 aromatic heterocycles. The van der Waals surface area contributed by atoms with Gasteiger partial charge in [0, 0.05) is 28.4 Å². The highest BCUT2D eigenvalue weighted by atomic mass is 16.2. The highest BCUT2D eigenvalue weighted by Gasteiger charge is 2.39. The summed E-state index contributed by atoms with van der Waals surface area (Å²) in [6.07, 6.45) is 3.18. The molecule has 0 saturated carbocycles. The molecule has 12 nitrogen and oxygen atoms in total. The largest absolute Gasteiger partial charge is 0.397 e. The van der Waals surface area contributed by atoms with E-state index >= 15 is 0 Å². The van der Waals surface area contributed by atoms with E-state index in [1.165, 1.54) is 36.5 Å². The molecule has 6 aromatic rings. The van der Waals surface area contributed by atoms with Gasteiger partial charge in [0.15, 0.2) is 5.78 Å². The number of amides is 5. The van der Waals surface area contributed by atoms with E-state index in [9.17, 15) is 28.8 Å². The van der Waals surface area contributed by atoms with Gasteiger partial charge in [0.1, 0.15) is 5.82 Å². The number of nitrogens with one attached hydrogen (secondary N) is 1. The summed E-state index contributed by atoms with van der Waals surface area (Å²) >= 11 is 0. The summed E-state index contributed by atoms with van der Waals surface area (Å²) in [4.78, 5) is 90.5. The fraction of sp³-hybridized carbons (Fsp3) is 0.111. The smallest absolute Gasteiger partial charge is 0.266 e. The van der Waals surface area contributed by atoms with Gasteiger partial charge in [-0.15, -0.1) is 0 Å². The SMILES string of the molecule is Cc1ccc(CC(=O)c2ccc3c(c2)C(=O)N(c2ccc(C(C)(C)c4ccc(N5C(=O)c6ccc(C(=O)Nc7ccc(N)cn7)cc6C5=O)cc4)cc2)C3=O)nc1. The number of fused-ring (bicyclic) bond motifs is 2.